The van der Waals surface area contributed by atoms with Crippen LogP contribution in [0.25, 0.3) is 10.8 Å². The topological polar surface area (TPSA) is 39.4 Å². The van der Waals surface area contributed by atoms with E-state index in [2.05, 4.69) is 15.9 Å². The predicted octanol–water partition coefficient (Wildman–Crippen LogP) is 4.80. The lowest BCUT2D eigenvalue weighted by Gasteiger charge is -2.07. The summed E-state index contributed by atoms with van der Waals surface area (Å²) in [5.74, 6) is 1.18. The van der Waals surface area contributed by atoms with Gasteiger partial charge in [0.05, 0.1) is 4.47 Å². The van der Waals surface area contributed by atoms with Crippen molar-refractivity contribution in [1.82, 2.24) is 0 Å². The van der Waals surface area contributed by atoms with Crippen LogP contribution in [0, 0.1) is 0 Å². The Hall–Kier alpha value is -2.07. The van der Waals surface area contributed by atoms with Gasteiger partial charge in [-0.1, -0.05) is 30.3 Å². The molecule has 0 amide bonds. The molecule has 0 aliphatic heterocycles. The Kier molecular flexibility index (Phi) is 3.09. The minimum absolute atomic E-state index is 0.243. The molecular weight excluding hydrogens is 308 g/mol. The molecule has 0 saturated heterocycles. The molecule has 1 heterocycles. The summed E-state index contributed by atoms with van der Waals surface area (Å²) in [5, 5.41) is 2.18. The van der Waals surface area contributed by atoms with Crippen LogP contribution in [0.2, 0.25) is 0 Å². The van der Waals surface area contributed by atoms with Gasteiger partial charge in [0, 0.05) is 6.07 Å². The molecule has 0 saturated carbocycles. The van der Waals surface area contributed by atoms with E-state index in [1.54, 1.807) is 12.1 Å². The lowest BCUT2D eigenvalue weighted by molar-refractivity contribution is 0.109. The minimum atomic E-state index is 0.243. The second-order valence-corrected chi connectivity index (χ2v) is 4.77. The molecule has 0 atom stereocenters. The summed E-state index contributed by atoms with van der Waals surface area (Å²) in [6, 6.07) is 15.0. The summed E-state index contributed by atoms with van der Waals surface area (Å²) in [7, 11) is 0. The zero-order valence-electron chi connectivity index (χ0n) is 9.80. The van der Waals surface area contributed by atoms with E-state index in [4.69, 9.17) is 9.15 Å². The van der Waals surface area contributed by atoms with Gasteiger partial charge >= 0.3 is 0 Å². The Bertz CT molecular complexity index is 746. The lowest BCUT2D eigenvalue weighted by Crippen LogP contribution is -1.85. The number of benzene rings is 2. The van der Waals surface area contributed by atoms with Crippen molar-refractivity contribution in [3.8, 4) is 11.7 Å². The van der Waals surface area contributed by atoms with Crippen LogP contribution >= 0.6 is 15.9 Å². The Morgan fingerprint density at radius 2 is 1.89 bits per heavy atom. The van der Waals surface area contributed by atoms with E-state index in [0.717, 1.165) is 15.2 Å². The highest BCUT2D eigenvalue weighted by Gasteiger charge is 2.09. The van der Waals surface area contributed by atoms with Gasteiger partial charge in [-0.25, -0.2) is 0 Å². The van der Waals surface area contributed by atoms with Crippen molar-refractivity contribution in [2.24, 2.45) is 0 Å². The summed E-state index contributed by atoms with van der Waals surface area (Å²) in [5.41, 5.74) is 0. The number of fused-ring (bicyclic) bond motifs is 1. The molecule has 1 aromatic heterocycles. The summed E-state index contributed by atoms with van der Waals surface area (Å²) in [6.07, 6.45) is 0.641. The van der Waals surface area contributed by atoms with Crippen LogP contribution in [0.3, 0.4) is 0 Å². The highest BCUT2D eigenvalue weighted by atomic mass is 79.9. The first-order chi connectivity index (χ1) is 9.28. The van der Waals surface area contributed by atoms with E-state index in [1.807, 2.05) is 36.4 Å². The van der Waals surface area contributed by atoms with Crippen LogP contribution in [0.4, 0.5) is 0 Å². The quantitative estimate of drug-likeness (QED) is 0.651. The average Bonchev–Trinajstić information content (AvgIpc) is 2.90. The molecule has 0 spiro atoms. The molecule has 0 bridgehead atoms. The SMILES string of the molecule is O=Cc1ccc(Oc2ccc3ccccc3c2Br)o1. The Morgan fingerprint density at radius 3 is 2.68 bits per heavy atom. The number of hydrogen-bond donors (Lipinski definition) is 0. The van der Waals surface area contributed by atoms with Gasteiger partial charge in [0.1, 0.15) is 5.75 Å². The fraction of sp³-hybridized carbons (Fsp3) is 0. The number of rotatable bonds is 3. The van der Waals surface area contributed by atoms with Gasteiger partial charge in [0.15, 0.2) is 12.0 Å². The molecule has 0 N–H and O–H groups in total. The van der Waals surface area contributed by atoms with Gasteiger partial charge < -0.3 is 9.15 Å². The van der Waals surface area contributed by atoms with E-state index < -0.39 is 0 Å². The maximum atomic E-state index is 10.6. The molecule has 0 aliphatic carbocycles. The van der Waals surface area contributed by atoms with Crippen molar-refractivity contribution < 1.29 is 13.9 Å². The monoisotopic (exact) mass is 316 g/mol. The van der Waals surface area contributed by atoms with Crippen molar-refractivity contribution in [2.75, 3.05) is 0 Å². The molecule has 0 aliphatic rings. The average molecular weight is 317 g/mol. The first-order valence-electron chi connectivity index (χ1n) is 5.68. The fourth-order valence-corrected chi connectivity index (χ4v) is 2.43. The Morgan fingerprint density at radius 1 is 1.05 bits per heavy atom. The fourth-order valence-electron chi connectivity index (χ4n) is 1.85. The maximum Gasteiger partial charge on any atom is 0.290 e. The van der Waals surface area contributed by atoms with E-state index >= 15 is 0 Å². The summed E-state index contributed by atoms with van der Waals surface area (Å²) in [4.78, 5) is 10.6. The number of carbonyl (C=O) groups is 1. The van der Waals surface area contributed by atoms with Crippen LogP contribution in [-0.4, -0.2) is 6.29 Å². The zero-order valence-corrected chi connectivity index (χ0v) is 11.4. The molecule has 0 unspecified atom stereocenters. The van der Waals surface area contributed by atoms with Gasteiger partial charge in [-0.15, -0.1) is 0 Å². The van der Waals surface area contributed by atoms with Gasteiger partial charge in [0.2, 0.25) is 0 Å². The number of hydrogen-bond acceptors (Lipinski definition) is 3. The van der Waals surface area contributed by atoms with Crippen LogP contribution < -0.4 is 4.74 Å². The number of carbonyl (C=O) groups excluding carboxylic acids is 1. The van der Waals surface area contributed by atoms with E-state index in [9.17, 15) is 4.79 Å². The summed E-state index contributed by atoms with van der Waals surface area (Å²) in [6.45, 7) is 0. The third kappa shape index (κ3) is 2.27. The molecule has 0 radical (unpaired) electrons. The van der Waals surface area contributed by atoms with Crippen molar-refractivity contribution in [3.63, 3.8) is 0 Å². The van der Waals surface area contributed by atoms with Gasteiger partial charge in [0.25, 0.3) is 5.95 Å². The van der Waals surface area contributed by atoms with E-state index in [-0.39, 0.29) is 11.7 Å². The number of halogens is 1. The van der Waals surface area contributed by atoms with Crippen LogP contribution in [-0.2, 0) is 0 Å². The minimum Gasteiger partial charge on any atom is -0.425 e. The van der Waals surface area contributed by atoms with Crippen molar-refractivity contribution in [1.29, 1.82) is 0 Å². The highest BCUT2D eigenvalue weighted by Crippen LogP contribution is 2.36. The molecule has 3 nitrogen and oxygen atoms in total. The number of ether oxygens (including phenoxy) is 1. The molecule has 3 aromatic rings. The van der Waals surface area contributed by atoms with Crippen LogP contribution in [0.15, 0.2) is 57.4 Å². The standard InChI is InChI=1S/C15H9BrO3/c16-15-12-4-2-1-3-10(12)5-7-13(15)19-14-8-6-11(9-17)18-14/h1-9H. The maximum absolute atomic E-state index is 10.6. The second-order valence-electron chi connectivity index (χ2n) is 3.98. The van der Waals surface area contributed by atoms with Crippen LogP contribution in [0.5, 0.6) is 11.7 Å². The molecular formula is C15H9BrO3. The molecule has 94 valence electrons. The largest absolute Gasteiger partial charge is 0.425 e. The first kappa shape index (κ1) is 12.0. The normalized spacial score (nSPS) is 10.6. The molecule has 3 rings (SSSR count). The third-order valence-corrected chi connectivity index (χ3v) is 3.57. The highest BCUT2D eigenvalue weighted by molar-refractivity contribution is 9.10. The van der Waals surface area contributed by atoms with E-state index in [0.29, 0.717) is 12.0 Å². The summed E-state index contributed by atoms with van der Waals surface area (Å²) >= 11 is 3.53. The van der Waals surface area contributed by atoms with Crippen molar-refractivity contribution in [3.05, 3.63) is 58.8 Å². The molecule has 0 fully saturated rings. The number of furan rings is 1. The number of aldehydes is 1. The second kappa shape index (κ2) is 4.90. The Balaban J connectivity index is 2.01. The first-order valence-corrected chi connectivity index (χ1v) is 6.47. The molecule has 19 heavy (non-hydrogen) atoms. The predicted molar refractivity (Wildman–Crippen MR) is 75.8 cm³/mol. The van der Waals surface area contributed by atoms with Gasteiger partial charge in [-0.3, -0.25) is 4.79 Å². The smallest absolute Gasteiger partial charge is 0.290 e. The van der Waals surface area contributed by atoms with E-state index in [1.165, 1.54) is 0 Å². The molecule has 4 heteroatoms. The Labute approximate surface area is 117 Å². The summed E-state index contributed by atoms with van der Waals surface area (Å²) < 4.78 is 11.7. The molecule has 2 aromatic carbocycles. The lowest BCUT2D eigenvalue weighted by atomic mass is 10.1. The third-order valence-electron chi connectivity index (χ3n) is 2.76. The van der Waals surface area contributed by atoms with Crippen molar-refractivity contribution >= 4 is 33.0 Å². The van der Waals surface area contributed by atoms with Gasteiger partial charge in [-0.2, -0.15) is 0 Å². The van der Waals surface area contributed by atoms with Crippen LogP contribution in [0.1, 0.15) is 10.6 Å². The van der Waals surface area contributed by atoms with Gasteiger partial charge in [-0.05, 0) is 38.8 Å². The zero-order chi connectivity index (χ0) is 13.2. The van der Waals surface area contributed by atoms with Crippen molar-refractivity contribution in [2.45, 2.75) is 0 Å².